The normalized spacial score (nSPS) is 14.3. The smallest absolute Gasteiger partial charge is 0.462 e. The Morgan fingerprint density at radius 1 is 0.301 bits per heavy atom. The molecule has 6 atom stereocenters. The highest BCUT2D eigenvalue weighted by molar-refractivity contribution is 7.47. The number of esters is 4. The van der Waals surface area contributed by atoms with E-state index in [1.165, 1.54) is 212 Å². The molecule has 0 bridgehead atoms. The number of carbonyl (C=O) groups is 4. The number of hydrogen-bond donors (Lipinski definition) is 3. The van der Waals surface area contributed by atoms with Crippen LogP contribution in [-0.2, 0) is 65.4 Å². The van der Waals surface area contributed by atoms with Gasteiger partial charge in [-0.05, 0) is 31.6 Å². The summed E-state index contributed by atoms with van der Waals surface area (Å²) in [6, 6.07) is 0. The Bertz CT molecular complexity index is 1790. The van der Waals surface area contributed by atoms with E-state index in [4.69, 9.17) is 37.0 Å². The zero-order valence-corrected chi connectivity index (χ0v) is 62.2. The van der Waals surface area contributed by atoms with E-state index < -0.39 is 97.5 Å². The molecule has 0 fully saturated rings. The van der Waals surface area contributed by atoms with Crippen LogP contribution in [0, 0.1) is 5.92 Å². The van der Waals surface area contributed by atoms with Crippen LogP contribution in [0.25, 0.3) is 0 Å². The molecule has 0 amide bonds. The molecule has 0 aromatic carbocycles. The fraction of sp³-hybridized carbons (Fsp3) is 0.946. The zero-order valence-electron chi connectivity index (χ0n) is 60.4. The third kappa shape index (κ3) is 67.0. The minimum atomic E-state index is -4.95. The monoisotopic (exact) mass is 1370 g/mol. The predicted molar refractivity (Wildman–Crippen MR) is 377 cm³/mol. The van der Waals surface area contributed by atoms with E-state index in [-0.39, 0.29) is 25.7 Å². The molecule has 552 valence electrons. The molecular formula is C74H144O17P2. The maximum absolute atomic E-state index is 13.0. The van der Waals surface area contributed by atoms with Crippen LogP contribution in [0.4, 0.5) is 0 Å². The van der Waals surface area contributed by atoms with Gasteiger partial charge < -0.3 is 33.8 Å². The molecule has 0 saturated carbocycles. The highest BCUT2D eigenvalue weighted by Gasteiger charge is 2.30. The maximum Gasteiger partial charge on any atom is 0.472 e. The molecule has 0 saturated heterocycles. The molecule has 0 aromatic rings. The summed E-state index contributed by atoms with van der Waals surface area (Å²) < 4.78 is 68.3. The fourth-order valence-electron chi connectivity index (χ4n) is 11.3. The van der Waals surface area contributed by atoms with E-state index >= 15 is 0 Å². The number of unbranched alkanes of at least 4 members (excludes halogenated alkanes) is 45. The summed E-state index contributed by atoms with van der Waals surface area (Å²) >= 11 is 0. The van der Waals surface area contributed by atoms with Gasteiger partial charge in [0, 0.05) is 25.7 Å². The van der Waals surface area contributed by atoms with Gasteiger partial charge in [0.1, 0.15) is 19.3 Å². The molecule has 0 heterocycles. The number of rotatable bonds is 74. The van der Waals surface area contributed by atoms with Crippen molar-refractivity contribution in [3.63, 3.8) is 0 Å². The first-order valence-corrected chi connectivity index (χ1v) is 41.7. The molecule has 3 unspecified atom stereocenters. The summed E-state index contributed by atoms with van der Waals surface area (Å²) in [6.45, 7) is 7.32. The van der Waals surface area contributed by atoms with Crippen LogP contribution in [0.2, 0.25) is 0 Å². The quantitative estimate of drug-likeness (QED) is 0.0222. The van der Waals surface area contributed by atoms with E-state index in [0.29, 0.717) is 25.7 Å². The van der Waals surface area contributed by atoms with Gasteiger partial charge in [-0.15, -0.1) is 0 Å². The molecule has 0 aliphatic heterocycles. The van der Waals surface area contributed by atoms with Crippen LogP contribution in [0.5, 0.6) is 0 Å². The molecule has 0 aromatic heterocycles. The van der Waals surface area contributed by atoms with Gasteiger partial charge in [0.15, 0.2) is 12.2 Å². The van der Waals surface area contributed by atoms with Crippen molar-refractivity contribution >= 4 is 39.5 Å². The van der Waals surface area contributed by atoms with Crippen LogP contribution in [0.1, 0.15) is 388 Å². The minimum Gasteiger partial charge on any atom is -0.462 e. The van der Waals surface area contributed by atoms with Gasteiger partial charge >= 0.3 is 39.5 Å². The third-order valence-electron chi connectivity index (χ3n) is 17.6. The zero-order chi connectivity index (χ0) is 68.4. The lowest BCUT2D eigenvalue weighted by Crippen LogP contribution is -2.30. The highest BCUT2D eigenvalue weighted by atomic mass is 31.2. The van der Waals surface area contributed by atoms with Crippen LogP contribution < -0.4 is 0 Å². The standard InChI is InChI=1S/C74H144O17P2/c1-6-10-13-16-19-22-32-38-43-48-53-58-72(77)85-64-70(91-74(79)60-55-50-45-40-35-31-29-27-25-24-26-28-30-34-37-41-46-51-56-67(5)9-4)66-89-93(82,83)87-62-68(75)61-86-92(80,81)88-65-69(63-84-71(76)57-52-47-42-36-21-18-15-12-8-3)90-73(78)59-54-49-44-39-33-23-20-17-14-11-7-2/h67-70,75H,6-66H2,1-5H3,(H,80,81)(H,82,83)/t67?,68-,69+,70+/m0/s1. The van der Waals surface area contributed by atoms with Gasteiger partial charge in [0.25, 0.3) is 0 Å². The number of ether oxygens (including phenoxy) is 4. The Balaban J connectivity index is 5.14. The van der Waals surface area contributed by atoms with Crippen molar-refractivity contribution in [1.82, 2.24) is 0 Å². The van der Waals surface area contributed by atoms with Gasteiger partial charge in [-0.2, -0.15) is 0 Å². The summed E-state index contributed by atoms with van der Waals surface area (Å²) in [6.07, 6.45) is 55.4. The second kappa shape index (κ2) is 67.3. The minimum absolute atomic E-state index is 0.107. The maximum atomic E-state index is 13.0. The van der Waals surface area contributed by atoms with E-state index in [1.54, 1.807) is 0 Å². The summed E-state index contributed by atoms with van der Waals surface area (Å²) in [5, 5.41) is 10.6. The number of aliphatic hydroxyl groups is 1. The number of phosphoric ester groups is 2. The summed E-state index contributed by atoms with van der Waals surface area (Å²) in [4.78, 5) is 72.6. The largest absolute Gasteiger partial charge is 0.472 e. The molecular weight excluding hydrogens is 1220 g/mol. The Kier molecular flexibility index (Phi) is 65.9. The van der Waals surface area contributed by atoms with E-state index in [1.807, 2.05) is 0 Å². The number of carbonyl (C=O) groups excluding carboxylic acids is 4. The Labute approximate surface area is 568 Å². The SMILES string of the molecule is CCCCCCCCCCCCCC(=O)OC[C@H](COP(=O)(O)OC[C@@H](O)COP(=O)(O)OC[C@@H](COC(=O)CCCCCCCCCCC)OC(=O)CCCCCCCCCCCCC)OC(=O)CCCCCCCCCCCCCCCCCCCCC(C)CC. The van der Waals surface area contributed by atoms with E-state index in [0.717, 1.165) is 95.8 Å². The van der Waals surface area contributed by atoms with Crippen LogP contribution in [0.15, 0.2) is 0 Å². The van der Waals surface area contributed by atoms with E-state index in [2.05, 4.69) is 34.6 Å². The average Bonchev–Trinajstić information content (AvgIpc) is 3.45. The van der Waals surface area contributed by atoms with Gasteiger partial charge in [0.2, 0.25) is 0 Å². The Morgan fingerprint density at radius 2 is 0.516 bits per heavy atom. The fourth-order valence-corrected chi connectivity index (χ4v) is 12.9. The molecule has 93 heavy (non-hydrogen) atoms. The molecule has 0 radical (unpaired) electrons. The summed E-state index contributed by atoms with van der Waals surface area (Å²) in [5.41, 5.74) is 0. The van der Waals surface area contributed by atoms with Gasteiger partial charge in [-0.1, -0.05) is 336 Å². The van der Waals surface area contributed by atoms with Crippen molar-refractivity contribution in [1.29, 1.82) is 0 Å². The second-order valence-corrected chi connectivity index (χ2v) is 29.8. The highest BCUT2D eigenvalue weighted by Crippen LogP contribution is 2.45. The average molecular weight is 1370 g/mol. The molecule has 0 aliphatic rings. The van der Waals surface area contributed by atoms with Crippen molar-refractivity contribution in [3.05, 3.63) is 0 Å². The third-order valence-corrected chi connectivity index (χ3v) is 19.5. The first-order chi connectivity index (χ1) is 45.1. The Hall–Kier alpha value is -1.94. The summed E-state index contributed by atoms with van der Waals surface area (Å²) in [7, 11) is -9.90. The first-order valence-electron chi connectivity index (χ1n) is 38.7. The number of aliphatic hydroxyl groups excluding tert-OH is 1. The van der Waals surface area contributed by atoms with Gasteiger partial charge in [-0.25, -0.2) is 9.13 Å². The van der Waals surface area contributed by atoms with Crippen molar-refractivity contribution in [2.24, 2.45) is 5.92 Å². The van der Waals surface area contributed by atoms with Crippen molar-refractivity contribution in [2.75, 3.05) is 39.6 Å². The first kappa shape index (κ1) is 91.1. The van der Waals surface area contributed by atoms with Gasteiger partial charge in [-0.3, -0.25) is 37.3 Å². The topological polar surface area (TPSA) is 237 Å². The predicted octanol–water partition coefficient (Wildman–Crippen LogP) is 21.7. The van der Waals surface area contributed by atoms with E-state index in [9.17, 15) is 43.2 Å². The van der Waals surface area contributed by atoms with Crippen LogP contribution >= 0.6 is 15.6 Å². The Morgan fingerprint density at radius 3 is 0.763 bits per heavy atom. The van der Waals surface area contributed by atoms with Crippen LogP contribution in [-0.4, -0.2) is 96.7 Å². The van der Waals surface area contributed by atoms with Crippen molar-refractivity contribution in [2.45, 2.75) is 406 Å². The second-order valence-electron chi connectivity index (χ2n) is 26.9. The summed E-state index contributed by atoms with van der Waals surface area (Å²) in [5.74, 6) is -1.25. The lowest BCUT2D eigenvalue weighted by atomic mass is 9.99. The number of hydrogen-bond acceptors (Lipinski definition) is 15. The van der Waals surface area contributed by atoms with Gasteiger partial charge in [0.05, 0.1) is 26.4 Å². The van der Waals surface area contributed by atoms with Crippen LogP contribution in [0.3, 0.4) is 0 Å². The molecule has 3 N–H and O–H groups in total. The molecule has 0 spiro atoms. The lowest BCUT2D eigenvalue weighted by molar-refractivity contribution is -0.161. The molecule has 0 rings (SSSR count). The molecule has 17 nitrogen and oxygen atoms in total. The lowest BCUT2D eigenvalue weighted by Gasteiger charge is -2.21. The van der Waals surface area contributed by atoms with Crippen molar-refractivity contribution < 1.29 is 80.2 Å². The number of phosphoric acid groups is 2. The molecule has 0 aliphatic carbocycles. The van der Waals surface area contributed by atoms with Crippen molar-refractivity contribution in [3.8, 4) is 0 Å². The molecule has 19 heteroatoms.